The monoisotopic (exact) mass is 325 g/mol. The number of nitrogens with zero attached hydrogens (tertiary/aromatic N) is 2. The van der Waals surface area contributed by atoms with E-state index < -0.39 is 0 Å². The fourth-order valence-electron chi connectivity index (χ4n) is 3.66. The molecule has 0 aromatic rings. The van der Waals surface area contributed by atoms with Crippen LogP contribution in [0.3, 0.4) is 0 Å². The molecule has 0 spiro atoms. The summed E-state index contributed by atoms with van der Waals surface area (Å²) >= 11 is 5.49. The fourth-order valence-corrected chi connectivity index (χ4v) is 4.21. The Morgan fingerprint density at radius 1 is 1.27 bits per heavy atom. The van der Waals surface area contributed by atoms with Crippen LogP contribution in [0.4, 0.5) is 0 Å². The van der Waals surface area contributed by atoms with Gasteiger partial charge in [-0.15, -0.1) is 0 Å². The summed E-state index contributed by atoms with van der Waals surface area (Å²) in [6.45, 7) is 9.39. The molecule has 2 fully saturated rings. The highest BCUT2D eigenvalue weighted by Gasteiger charge is 2.32. The lowest BCUT2D eigenvalue weighted by Crippen LogP contribution is -2.60. The van der Waals surface area contributed by atoms with Crippen molar-refractivity contribution in [3.8, 4) is 0 Å². The highest BCUT2D eigenvalue weighted by molar-refractivity contribution is 7.80. The van der Waals surface area contributed by atoms with Crippen molar-refractivity contribution in [3.05, 3.63) is 0 Å². The van der Waals surface area contributed by atoms with Gasteiger partial charge in [-0.2, -0.15) is 0 Å². The van der Waals surface area contributed by atoms with Crippen LogP contribution in [-0.4, -0.2) is 52.0 Å². The van der Waals surface area contributed by atoms with Gasteiger partial charge in [-0.3, -0.25) is 4.79 Å². The third-order valence-corrected chi connectivity index (χ3v) is 5.13. The quantitative estimate of drug-likeness (QED) is 0.806. The number of carbonyl (C=O) groups is 1. The summed E-state index contributed by atoms with van der Waals surface area (Å²) in [7, 11) is 0. The van der Waals surface area contributed by atoms with Gasteiger partial charge >= 0.3 is 0 Å². The van der Waals surface area contributed by atoms with E-state index in [9.17, 15) is 4.79 Å². The second-order valence-electron chi connectivity index (χ2n) is 7.46. The minimum atomic E-state index is 0.0782. The van der Waals surface area contributed by atoms with Crippen LogP contribution < -0.4 is 5.32 Å². The molecule has 4 nitrogen and oxygen atoms in total. The van der Waals surface area contributed by atoms with Gasteiger partial charge in [-0.25, -0.2) is 0 Å². The molecule has 0 radical (unpaired) electrons. The Labute approximate surface area is 140 Å². The summed E-state index contributed by atoms with van der Waals surface area (Å²) in [6.07, 6.45) is 7.48. The number of thiocarbonyl (C=S) groups is 1. The van der Waals surface area contributed by atoms with E-state index in [1.807, 2.05) is 0 Å². The van der Waals surface area contributed by atoms with Crippen molar-refractivity contribution in [3.63, 3.8) is 0 Å². The Morgan fingerprint density at radius 3 is 2.50 bits per heavy atom. The first-order chi connectivity index (χ1) is 10.4. The zero-order valence-electron chi connectivity index (χ0n) is 14.4. The van der Waals surface area contributed by atoms with Gasteiger partial charge in [0.1, 0.15) is 0 Å². The predicted octanol–water partition coefficient (Wildman–Crippen LogP) is 2.92. The maximum atomic E-state index is 12.3. The van der Waals surface area contributed by atoms with Crippen molar-refractivity contribution >= 4 is 23.2 Å². The van der Waals surface area contributed by atoms with Crippen molar-refractivity contribution in [2.75, 3.05) is 19.6 Å². The first-order valence-corrected chi connectivity index (χ1v) is 9.16. The summed E-state index contributed by atoms with van der Waals surface area (Å²) in [5.41, 5.74) is 0.0782. The smallest absolute Gasteiger partial charge is 0.222 e. The molecular formula is C17H31N3OS. The molecular weight excluding hydrogens is 294 g/mol. The van der Waals surface area contributed by atoms with E-state index in [0.717, 1.165) is 50.4 Å². The Balaban J connectivity index is 1.75. The number of likely N-dealkylation sites (tertiary alicyclic amines) is 1. The number of hydrogen-bond acceptors (Lipinski definition) is 2. The average Bonchev–Trinajstić information content (AvgIpc) is 2.69. The van der Waals surface area contributed by atoms with E-state index in [-0.39, 0.29) is 5.54 Å². The van der Waals surface area contributed by atoms with Gasteiger partial charge in [-0.1, -0.05) is 12.8 Å². The second kappa shape index (κ2) is 7.62. The highest BCUT2D eigenvalue weighted by atomic mass is 32.1. The van der Waals surface area contributed by atoms with Gasteiger partial charge in [-0.05, 0) is 58.7 Å². The molecule has 1 atom stereocenters. The zero-order valence-corrected chi connectivity index (χ0v) is 15.2. The van der Waals surface area contributed by atoms with Gasteiger partial charge in [0.15, 0.2) is 5.11 Å². The number of nitrogens with one attached hydrogen (secondary N) is 1. The minimum absolute atomic E-state index is 0.0782. The number of amides is 1. The highest BCUT2D eigenvalue weighted by Crippen LogP contribution is 2.22. The van der Waals surface area contributed by atoms with Crippen molar-refractivity contribution < 1.29 is 4.79 Å². The Kier molecular flexibility index (Phi) is 6.07. The first-order valence-electron chi connectivity index (χ1n) is 8.76. The Hall–Kier alpha value is -0.840. The lowest BCUT2D eigenvalue weighted by Gasteiger charge is -2.44. The largest absolute Gasteiger partial charge is 0.358 e. The predicted molar refractivity (Wildman–Crippen MR) is 94.9 cm³/mol. The molecule has 2 heterocycles. The van der Waals surface area contributed by atoms with Gasteiger partial charge in [0, 0.05) is 37.6 Å². The standard InChI is InChI=1S/C17H31N3OS/c1-14-13-17(2,3)18-16(22)20(14)12-8-9-15(21)19-10-6-4-5-7-11-19/h14H,4-13H2,1-3H3,(H,18,22)/t14-/m0/s1. The summed E-state index contributed by atoms with van der Waals surface area (Å²) < 4.78 is 0. The summed E-state index contributed by atoms with van der Waals surface area (Å²) in [4.78, 5) is 16.6. The van der Waals surface area contributed by atoms with Crippen LogP contribution >= 0.6 is 12.2 Å². The van der Waals surface area contributed by atoms with Crippen LogP contribution in [0.2, 0.25) is 0 Å². The maximum Gasteiger partial charge on any atom is 0.222 e. The summed E-state index contributed by atoms with van der Waals surface area (Å²) in [5.74, 6) is 0.325. The Morgan fingerprint density at radius 2 is 1.91 bits per heavy atom. The Bertz CT molecular complexity index is 403. The minimum Gasteiger partial charge on any atom is -0.358 e. The summed E-state index contributed by atoms with van der Waals surface area (Å²) in [6, 6.07) is 0.442. The molecule has 22 heavy (non-hydrogen) atoms. The fraction of sp³-hybridized carbons (Fsp3) is 0.882. The van der Waals surface area contributed by atoms with Crippen LogP contribution in [0.1, 0.15) is 65.7 Å². The summed E-state index contributed by atoms with van der Waals surface area (Å²) in [5, 5.41) is 4.25. The van der Waals surface area contributed by atoms with Crippen molar-refractivity contribution in [1.82, 2.24) is 15.1 Å². The molecule has 0 aliphatic carbocycles. The van der Waals surface area contributed by atoms with Crippen LogP contribution in [0.15, 0.2) is 0 Å². The van der Waals surface area contributed by atoms with Crippen LogP contribution in [0.25, 0.3) is 0 Å². The topological polar surface area (TPSA) is 35.6 Å². The maximum absolute atomic E-state index is 12.3. The molecule has 1 amide bonds. The first kappa shape index (κ1) is 17.5. The van der Waals surface area contributed by atoms with Crippen LogP contribution in [0, 0.1) is 0 Å². The molecule has 0 aromatic carbocycles. The van der Waals surface area contributed by atoms with Gasteiger partial charge in [0.2, 0.25) is 5.91 Å². The molecule has 126 valence electrons. The van der Waals surface area contributed by atoms with Crippen molar-refractivity contribution in [1.29, 1.82) is 0 Å². The number of rotatable bonds is 4. The molecule has 0 unspecified atom stereocenters. The van der Waals surface area contributed by atoms with E-state index in [4.69, 9.17) is 12.2 Å². The van der Waals surface area contributed by atoms with E-state index in [1.165, 1.54) is 12.8 Å². The van der Waals surface area contributed by atoms with Gasteiger partial charge < -0.3 is 15.1 Å². The lowest BCUT2D eigenvalue weighted by atomic mass is 9.93. The lowest BCUT2D eigenvalue weighted by molar-refractivity contribution is -0.131. The second-order valence-corrected chi connectivity index (χ2v) is 7.85. The van der Waals surface area contributed by atoms with Crippen LogP contribution in [-0.2, 0) is 4.79 Å². The number of carbonyl (C=O) groups excluding carboxylic acids is 1. The molecule has 2 saturated heterocycles. The van der Waals surface area contributed by atoms with E-state index >= 15 is 0 Å². The van der Waals surface area contributed by atoms with E-state index in [2.05, 4.69) is 35.9 Å². The third kappa shape index (κ3) is 4.83. The van der Waals surface area contributed by atoms with Gasteiger partial charge in [0.05, 0.1) is 0 Å². The van der Waals surface area contributed by atoms with E-state index in [1.54, 1.807) is 0 Å². The molecule has 2 rings (SSSR count). The van der Waals surface area contributed by atoms with E-state index in [0.29, 0.717) is 18.4 Å². The molecule has 0 bridgehead atoms. The normalized spacial score (nSPS) is 25.6. The SMILES string of the molecule is C[C@H]1CC(C)(C)NC(=S)N1CCCC(=O)N1CCCCCC1. The molecule has 2 aliphatic rings. The molecule has 2 aliphatic heterocycles. The van der Waals surface area contributed by atoms with Gasteiger partial charge in [0.25, 0.3) is 0 Å². The molecule has 0 saturated carbocycles. The van der Waals surface area contributed by atoms with Crippen molar-refractivity contribution in [2.45, 2.75) is 77.3 Å². The van der Waals surface area contributed by atoms with Crippen molar-refractivity contribution in [2.24, 2.45) is 0 Å². The number of hydrogen-bond donors (Lipinski definition) is 1. The van der Waals surface area contributed by atoms with Crippen LogP contribution in [0.5, 0.6) is 0 Å². The third-order valence-electron chi connectivity index (χ3n) is 4.79. The molecule has 1 N–H and O–H groups in total. The molecule has 5 heteroatoms. The average molecular weight is 326 g/mol. The zero-order chi connectivity index (χ0) is 16.2. The molecule has 0 aromatic heterocycles.